The number of hydrogen-bond donors (Lipinski definition) is 0. The number of nitrogens with zero attached hydrogens (tertiary/aromatic N) is 2. The van der Waals surface area contributed by atoms with Crippen LogP contribution in [0.1, 0.15) is 5.82 Å². The SMILES string of the molecule is Fc1cc2c(cc1Br)nc(CCl)n2-c1ccc(Cl)cc1I. The number of aromatic nitrogens is 2. The summed E-state index contributed by atoms with van der Waals surface area (Å²) in [5.74, 6) is 0.547. The van der Waals surface area contributed by atoms with Crippen molar-refractivity contribution in [3.8, 4) is 5.69 Å². The van der Waals surface area contributed by atoms with E-state index in [9.17, 15) is 4.39 Å². The van der Waals surface area contributed by atoms with E-state index >= 15 is 0 Å². The van der Waals surface area contributed by atoms with Gasteiger partial charge in [0.2, 0.25) is 0 Å². The zero-order chi connectivity index (χ0) is 15.1. The summed E-state index contributed by atoms with van der Waals surface area (Å²) in [6, 6.07) is 8.61. The van der Waals surface area contributed by atoms with Crippen molar-refractivity contribution >= 4 is 72.8 Å². The van der Waals surface area contributed by atoms with Crippen molar-refractivity contribution in [1.82, 2.24) is 9.55 Å². The molecule has 3 rings (SSSR count). The number of benzene rings is 2. The Kier molecular flexibility index (Phi) is 4.45. The van der Waals surface area contributed by atoms with Gasteiger partial charge in [-0.15, -0.1) is 11.6 Å². The summed E-state index contributed by atoms with van der Waals surface area (Å²) in [4.78, 5) is 4.47. The first-order chi connectivity index (χ1) is 10.0. The molecule has 1 heterocycles. The normalized spacial score (nSPS) is 11.3. The molecule has 2 nitrogen and oxygen atoms in total. The molecule has 0 aliphatic carbocycles. The minimum atomic E-state index is -0.339. The number of imidazole rings is 1. The molecule has 1 aromatic heterocycles. The van der Waals surface area contributed by atoms with Gasteiger partial charge in [0, 0.05) is 14.7 Å². The second kappa shape index (κ2) is 6.02. The predicted octanol–water partition coefficient (Wildman–Crippen LogP) is 5.92. The third-order valence-electron chi connectivity index (χ3n) is 3.04. The van der Waals surface area contributed by atoms with E-state index in [4.69, 9.17) is 23.2 Å². The van der Waals surface area contributed by atoms with Crippen LogP contribution in [0.15, 0.2) is 34.8 Å². The number of fused-ring (bicyclic) bond motifs is 1. The lowest BCUT2D eigenvalue weighted by Crippen LogP contribution is -2.01. The Morgan fingerprint density at radius 2 is 2.05 bits per heavy atom. The molecule has 0 amide bonds. The molecule has 0 saturated carbocycles. The molecule has 108 valence electrons. The summed E-state index contributed by atoms with van der Waals surface area (Å²) in [7, 11) is 0. The Balaban J connectivity index is 2.37. The van der Waals surface area contributed by atoms with Crippen molar-refractivity contribution < 1.29 is 4.39 Å². The molecule has 0 spiro atoms. The fraction of sp³-hybridized carbons (Fsp3) is 0.0714. The van der Waals surface area contributed by atoms with Crippen LogP contribution in [-0.4, -0.2) is 9.55 Å². The standard InChI is InChI=1S/C14H7BrCl2FIN2/c15-8-4-11-13(5-9(8)18)21(14(6-16)20-11)12-2-1-7(17)3-10(12)19/h1-5H,6H2. The average molecular weight is 500 g/mol. The number of halogens is 5. The molecule has 2 aromatic carbocycles. The molecular formula is C14H7BrCl2FIN2. The first-order valence-corrected chi connectivity index (χ1v) is 8.67. The Labute approximate surface area is 152 Å². The van der Waals surface area contributed by atoms with E-state index in [1.165, 1.54) is 6.07 Å². The smallest absolute Gasteiger partial charge is 0.139 e. The van der Waals surface area contributed by atoms with Crippen LogP contribution in [0.4, 0.5) is 4.39 Å². The highest BCUT2D eigenvalue weighted by atomic mass is 127. The molecule has 0 saturated heterocycles. The zero-order valence-corrected chi connectivity index (χ0v) is 15.6. The van der Waals surface area contributed by atoms with E-state index in [1.807, 2.05) is 16.7 Å². The van der Waals surface area contributed by atoms with Gasteiger partial charge in [-0.05, 0) is 62.8 Å². The summed E-state index contributed by atoms with van der Waals surface area (Å²) >= 11 is 17.4. The van der Waals surface area contributed by atoms with Crippen molar-refractivity contribution in [2.45, 2.75) is 5.88 Å². The van der Waals surface area contributed by atoms with Gasteiger partial charge in [0.25, 0.3) is 0 Å². The van der Waals surface area contributed by atoms with Crippen LogP contribution in [0.5, 0.6) is 0 Å². The molecule has 21 heavy (non-hydrogen) atoms. The Morgan fingerprint density at radius 3 is 2.71 bits per heavy atom. The van der Waals surface area contributed by atoms with Crippen molar-refractivity contribution in [3.05, 3.63) is 55.0 Å². The summed E-state index contributed by atoms with van der Waals surface area (Å²) < 4.78 is 17.1. The van der Waals surface area contributed by atoms with E-state index < -0.39 is 0 Å². The van der Waals surface area contributed by atoms with Gasteiger partial charge in [0.15, 0.2) is 0 Å². The second-order valence-electron chi connectivity index (χ2n) is 4.35. The zero-order valence-electron chi connectivity index (χ0n) is 10.4. The van der Waals surface area contributed by atoms with Crippen molar-refractivity contribution in [2.24, 2.45) is 0 Å². The maximum Gasteiger partial charge on any atom is 0.139 e. The largest absolute Gasteiger partial charge is 0.294 e. The highest BCUT2D eigenvalue weighted by Crippen LogP contribution is 2.30. The summed E-state index contributed by atoms with van der Waals surface area (Å²) in [6.07, 6.45) is 0. The van der Waals surface area contributed by atoms with Crippen LogP contribution in [0.25, 0.3) is 16.7 Å². The molecule has 0 aliphatic rings. The summed E-state index contributed by atoms with van der Waals surface area (Å²) in [5.41, 5.74) is 2.23. The van der Waals surface area contributed by atoms with Gasteiger partial charge < -0.3 is 0 Å². The second-order valence-corrected chi connectivity index (χ2v) is 7.07. The number of alkyl halides is 1. The molecule has 0 fully saturated rings. The average Bonchev–Trinajstić information content (AvgIpc) is 2.77. The molecule has 0 bridgehead atoms. The fourth-order valence-electron chi connectivity index (χ4n) is 2.14. The fourth-order valence-corrected chi connectivity index (χ4v) is 3.77. The molecule has 7 heteroatoms. The van der Waals surface area contributed by atoms with Crippen LogP contribution in [0, 0.1) is 9.39 Å². The lowest BCUT2D eigenvalue weighted by Gasteiger charge is -2.10. The van der Waals surface area contributed by atoms with Gasteiger partial charge >= 0.3 is 0 Å². The summed E-state index contributed by atoms with van der Waals surface area (Å²) in [6.45, 7) is 0. The number of rotatable bonds is 2. The van der Waals surface area contributed by atoms with Crippen molar-refractivity contribution in [1.29, 1.82) is 0 Å². The van der Waals surface area contributed by atoms with Crippen molar-refractivity contribution in [3.63, 3.8) is 0 Å². The van der Waals surface area contributed by atoms with Crippen LogP contribution in [-0.2, 0) is 5.88 Å². The van der Waals surface area contributed by atoms with E-state index in [2.05, 4.69) is 43.5 Å². The molecule has 0 aliphatic heterocycles. The molecule has 3 aromatic rings. The first-order valence-electron chi connectivity index (χ1n) is 5.89. The van der Waals surface area contributed by atoms with Crippen LogP contribution >= 0.6 is 61.7 Å². The van der Waals surface area contributed by atoms with Crippen LogP contribution < -0.4 is 0 Å². The molecule has 0 N–H and O–H groups in total. The molecule has 0 radical (unpaired) electrons. The highest BCUT2D eigenvalue weighted by Gasteiger charge is 2.16. The molecule has 0 unspecified atom stereocenters. The van der Waals surface area contributed by atoms with E-state index in [-0.39, 0.29) is 11.7 Å². The van der Waals surface area contributed by atoms with Crippen LogP contribution in [0.2, 0.25) is 5.02 Å². The quantitative estimate of drug-likeness (QED) is 0.316. The highest BCUT2D eigenvalue weighted by molar-refractivity contribution is 14.1. The monoisotopic (exact) mass is 498 g/mol. The van der Waals surface area contributed by atoms with Gasteiger partial charge in [-0.25, -0.2) is 9.37 Å². The third kappa shape index (κ3) is 2.81. The maximum absolute atomic E-state index is 13.9. The van der Waals surface area contributed by atoms with E-state index in [0.29, 0.717) is 26.4 Å². The van der Waals surface area contributed by atoms with Crippen LogP contribution in [0.3, 0.4) is 0 Å². The van der Waals surface area contributed by atoms with Crippen molar-refractivity contribution in [2.75, 3.05) is 0 Å². The summed E-state index contributed by atoms with van der Waals surface area (Å²) in [5, 5.41) is 0.647. The van der Waals surface area contributed by atoms with Gasteiger partial charge in [0.05, 0.1) is 27.1 Å². The minimum absolute atomic E-state index is 0.229. The van der Waals surface area contributed by atoms with Gasteiger partial charge in [-0.2, -0.15) is 0 Å². The van der Waals surface area contributed by atoms with Gasteiger partial charge in [-0.3, -0.25) is 4.57 Å². The van der Waals surface area contributed by atoms with E-state index in [1.54, 1.807) is 12.1 Å². The number of hydrogen-bond acceptors (Lipinski definition) is 1. The van der Waals surface area contributed by atoms with Gasteiger partial charge in [-0.1, -0.05) is 11.6 Å². The lowest BCUT2D eigenvalue weighted by atomic mass is 10.2. The van der Waals surface area contributed by atoms with Gasteiger partial charge in [0.1, 0.15) is 11.6 Å². The topological polar surface area (TPSA) is 17.8 Å². The molecular weight excluding hydrogens is 493 g/mol. The first kappa shape index (κ1) is 15.5. The lowest BCUT2D eigenvalue weighted by molar-refractivity contribution is 0.622. The third-order valence-corrected chi connectivity index (χ3v) is 4.98. The van der Waals surface area contributed by atoms with E-state index in [0.717, 1.165) is 9.26 Å². The Bertz CT molecular complexity index is 851. The minimum Gasteiger partial charge on any atom is -0.294 e. The maximum atomic E-state index is 13.9. The Morgan fingerprint density at radius 1 is 1.29 bits per heavy atom. The molecule has 0 atom stereocenters. The predicted molar refractivity (Wildman–Crippen MR) is 96.0 cm³/mol. The Hall–Kier alpha value is -0.370.